The largest absolute Gasteiger partial charge is 0.353 e. The van der Waals surface area contributed by atoms with Crippen molar-refractivity contribution in [3.8, 4) is 11.8 Å². The second-order valence-corrected chi connectivity index (χ2v) is 6.40. The Morgan fingerprint density at radius 1 is 1.04 bits per heavy atom. The number of rotatable bonds is 12. The van der Waals surface area contributed by atoms with Crippen molar-refractivity contribution in [2.75, 3.05) is 13.2 Å². The lowest BCUT2D eigenvalue weighted by Gasteiger charge is -2.22. The van der Waals surface area contributed by atoms with E-state index >= 15 is 0 Å². The minimum absolute atomic E-state index is 0.0818. The van der Waals surface area contributed by atoms with E-state index in [0.717, 1.165) is 26.1 Å². The summed E-state index contributed by atoms with van der Waals surface area (Å²) in [5, 5.41) is 0. The lowest BCUT2D eigenvalue weighted by atomic mass is 10.1. The first-order valence-corrected chi connectivity index (χ1v) is 9.80. The van der Waals surface area contributed by atoms with Crippen LogP contribution < -0.4 is 0 Å². The molecule has 1 aliphatic heterocycles. The molecule has 1 aliphatic rings. The van der Waals surface area contributed by atoms with Crippen LogP contribution in [-0.4, -0.2) is 19.5 Å². The summed E-state index contributed by atoms with van der Waals surface area (Å²) >= 11 is 0. The van der Waals surface area contributed by atoms with Gasteiger partial charge in [0.25, 0.3) is 0 Å². The van der Waals surface area contributed by atoms with Gasteiger partial charge in [-0.15, -0.1) is 0 Å². The molecule has 1 unspecified atom stereocenters. The molecular weight excluding hydrogens is 284 g/mol. The first kappa shape index (κ1) is 20.3. The van der Waals surface area contributed by atoms with Gasteiger partial charge in [-0.2, -0.15) is 0 Å². The molecule has 0 amide bonds. The number of hydrogen-bond acceptors (Lipinski definition) is 2. The van der Waals surface area contributed by atoms with E-state index in [9.17, 15) is 0 Å². The van der Waals surface area contributed by atoms with Crippen molar-refractivity contribution in [2.24, 2.45) is 0 Å². The van der Waals surface area contributed by atoms with Crippen LogP contribution in [-0.2, 0) is 9.47 Å². The fourth-order valence-corrected chi connectivity index (χ4v) is 2.68. The van der Waals surface area contributed by atoms with Gasteiger partial charge in [-0.05, 0) is 44.6 Å². The van der Waals surface area contributed by atoms with Gasteiger partial charge >= 0.3 is 0 Å². The molecule has 0 saturated carbocycles. The molecule has 132 valence electrons. The van der Waals surface area contributed by atoms with Crippen LogP contribution >= 0.6 is 0 Å². The van der Waals surface area contributed by atoms with Gasteiger partial charge < -0.3 is 9.47 Å². The smallest absolute Gasteiger partial charge is 0.157 e. The van der Waals surface area contributed by atoms with Crippen molar-refractivity contribution in [3.63, 3.8) is 0 Å². The molecule has 1 rings (SSSR count). The fraction of sp³-hybridized carbons (Fsp3) is 0.810. The first-order valence-electron chi connectivity index (χ1n) is 9.80. The topological polar surface area (TPSA) is 18.5 Å². The SMILES string of the molecule is CCCC/C=C\C#CCCCCCCCCOC1CCCCO1. The summed E-state index contributed by atoms with van der Waals surface area (Å²) in [7, 11) is 0. The Morgan fingerprint density at radius 2 is 1.87 bits per heavy atom. The molecular formula is C21H36O2. The average Bonchev–Trinajstić information content (AvgIpc) is 2.59. The molecule has 0 bridgehead atoms. The maximum absolute atomic E-state index is 5.74. The highest BCUT2D eigenvalue weighted by atomic mass is 16.7. The van der Waals surface area contributed by atoms with Crippen LogP contribution in [0.4, 0.5) is 0 Å². The molecule has 0 N–H and O–H groups in total. The van der Waals surface area contributed by atoms with Crippen LogP contribution in [0.1, 0.15) is 90.4 Å². The predicted molar refractivity (Wildman–Crippen MR) is 98.3 cm³/mol. The number of ether oxygens (including phenoxy) is 2. The summed E-state index contributed by atoms with van der Waals surface area (Å²) in [5.41, 5.74) is 0. The van der Waals surface area contributed by atoms with Crippen LogP contribution in [0.25, 0.3) is 0 Å². The summed E-state index contributed by atoms with van der Waals surface area (Å²) in [6.45, 7) is 3.96. The fourth-order valence-electron chi connectivity index (χ4n) is 2.68. The Morgan fingerprint density at radius 3 is 2.65 bits per heavy atom. The van der Waals surface area contributed by atoms with Crippen molar-refractivity contribution in [3.05, 3.63) is 12.2 Å². The zero-order valence-corrected chi connectivity index (χ0v) is 15.2. The van der Waals surface area contributed by atoms with Gasteiger partial charge in [-0.3, -0.25) is 0 Å². The van der Waals surface area contributed by atoms with Gasteiger partial charge in [0.15, 0.2) is 6.29 Å². The molecule has 2 nitrogen and oxygen atoms in total. The zero-order chi connectivity index (χ0) is 16.4. The van der Waals surface area contributed by atoms with E-state index < -0.39 is 0 Å². The van der Waals surface area contributed by atoms with Crippen molar-refractivity contribution in [1.82, 2.24) is 0 Å². The van der Waals surface area contributed by atoms with E-state index in [0.29, 0.717) is 0 Å². The van der Waals surface area contributed by atoms with Gasteiger partial charge in [-0.1, -0.05) is 63.4 Å². The molecule has 0 aromatic rings. The van der Waals surface area contributed by atoms with E-state index in [-0.39, 0.29) is 6.29 Å². The summed E-state index contributed by atoms with van der Waals surface area (Å²) in [4.78, 5) is 0. The zero-order valence-electron chi connectivity index (χ0n) is 15.2. The minimum Gasteiger partial charge on any atom is -0.353 e. The van der Waals surface area contributed by atoms with E-state index in [1.54, 1.807) is 0 Å². The van der Waals surface area contributed by atoms with Gasteiger partial charge in [0.2, 0.25) is 0 Å². The third-order valence-electron chi connectivity index (χ3n) is 4.17. The molecule has 23 heavy (non-hydrogen) atoms. The molecule has 2 heteroatoms. The molecule has 0 aliphatic carbocycles. The molecule has 0 aromatic heterocycles. The molecule has 0 radical (unpaired) electrons. The number of allylic oxidation sites excluding steroid dienone is 2. The lowest BCUT2D eigenvalue weighted by molar-refractivity contribution is -0.162. The maximum Gasteiger partial charge on any atom is 0.157 e. The highest BCUT2D eigenvalue weighted by molar-refractivity contribution is 5.14. The first-order chi connectivity index (χ1) is 11.4. The number of unbranched alkanes of at least 4 members (excludes halogenated alkanes) is 8. The Balaban J connectivity index is 1.77. The van der Waals surface area contributed by atoms with Crippen LogP contribution in [0.2, 0.25) is 0 Å². The minimum atomic E-state index is 0.0818. The normalized spacial score (nSPS) is 18.0. The average molecular weight is 321 g/mol. The number of hydrogen-bond donors (Lipinski definition) is 0. The quantitative estimate of drug-likeness (QED) is 0.324. The molecule has 1 heterocycles. The van der Waals surface area contributed by atoms with Crippen LogP contribution in [0.15, 0.2) is 12.2 Å². The van der Waals surface area contributed by atoms with Crippen molar-refractivity contribution < 1.29 is 9.47 Å². The van der Waals surface area contributed by atoms with Crippen LogP contribution in [0.5, 0.6) is 0 Å². The van der Waals surface area contributed by atoms with Crippen LogP contribution in [0, 0.1) is 11.8 Å². The highest BCUT2D eigenvalue weighted by Gasteiger charge is 2.13. The monoisotopic (exact) mass is 320 g/mol. The summed E-state index contributed by atoms with van der Waals surface area (Å²) in [6.07, 6.45) is 20.2. The van der Waals surface area contributed by atoms with E-state index in [1.165, 1.54) is 70.6 Å². The third-order valence-corrected chi connectivity index (χ3v) is 4.17. The molecule has 1 saturated heterocycles. The Labute approximate surface area is 144 Å². The molecule has 1 fully saturated rings. The van der Waals surface area contributed by atoms with E-state index in [2.05, 4.69) is 24.8 Å². The van der Waals surface area contributed by atoms with E-state index in [1.807, 2.05) is 6.08 Å². The van der Waals surface area contributed by atoms with Gasteiger partial charge in [-0.25, -0.2) is 0 Å². The second-order valence-electron chi connectivity index (χ2n) is 6.40. The molecule has 0 spiro atoms. The van der Waals surface area contributed by atoms with Crippen molar-refractivity contribution in [2.45, 2.75) is 96.7 Å². The van der Waals surface area contributed by atoms with Gasteiger partial charge in [0, 0.05) is 19.6 Å². The van der Waals surface area contributed by atoms with Gasteiger partial charge in [0.1, 0.15) is 0 Å². The maximum atomic E-state index is 5.74. The molecule has 1 atom stereocenters. The van der Waals surface area contributed by atoms with E-state index in [4.69, 9.17) is 9.47 Å². The summed E-state index contributed by atoms with van der Waals surface area (Å²) < 4.78 is 11.3. The molecule has 0 aromatic carbocycles. The summed E-state index contributed by atoms with van der Waals surface area (Å²) in [5.74, 6) is 6.37. The summed E-state index contributed by atoms with van der Waals surface area (Å²) in [6, 6.07) is 0. The Kier molecular flexibility index (Phi) is 14.2. The Hall–Kier alpha value is -0.780. The second kappa shape index (κ2) is 16.1. The van der Waals surface area contributed by atoms with Gasteiger partial charge in [0.05, 0.1) is 0 Å². The van der Waals surface area contributed by atoms with Crippen molar-refractivity contribution >= 4 is 0 Å². The lowest BCUT2D eigenvalue weighted by Crippen LogP contribution is -2.22. The Bertz CT molecular complexity index is 331. The van der Waals surface area contributed by atoms with Crippen molar-refractivity contribution in [1.29, 1.82) is 0 Å². The highest BCUT2D eigenvalue weighted by Crippen LogP contribution is 2.14. The standard InChI is InChI=1S/C21H36O2/c1-2-3-4-5-6-7-8-9-10-11-12-13-14-16-19-22-21-18-15-17-20-23-21/h5-6,21H,2-4,9-20H2,1H3/b6-5-. The predicted octanol–water partition coefficient (Wildman–Crippen LogP) is 6.01. The third kappa shape index (κ3) is 13.4. The van der Waals surface area contributed by atoms with Crippen LogP contribution in [0.3, 0.4) is 0 Å².